The first-order valence-corrected chi connectivity index (χ1v) is 6.93. The normalized spacial score (nSPS) is 25.2. The van der Waals surface area contributed by atoms with Crippen molar-refractivity contribution in [3.63, 3.8) is 0 Å². The third kappa shape index (κ3) is 4.59. The fourth-order valence-electron chi connectivity index (χ4n) is 2.44. The molecule has 1 aliphatic heterocycles. The maximum absolute atomic E-state index is 3.25. The molecule has 4 heteroatoms. The van der Waals surface area contributed by atoms with Crippen molar-refractivity contribution in [2.24, 2.45) is 0 Å². The maximum atomic E-state index is 3.25. The summed E-state index contributed by atoms with van der Waals surface area (Å²) in [6.07, 6.45) is 2.64. The summed E-state index contributed by atoms with van der Waals surface area (Å²) in [4.78, 5) is 7.22. The molecule has 18 heavy (non-hydrogen) atoms. The van der Waals surface area contributed by atoms with Crippen molar-refractivity contribution in [1.82, 2.24) is 20.0 Å². The molecule has 1 aliphatic rings. The predicted molar refractivity (Wildman–Crippen MR) is 78.6 cm³/mol. The van der Waals surface area contributed by atoms with E-state index in [2.05, 4.69) is 61.1 Å². The highest BCUT2D eigenvalue weighted by Crippen LogP contribution is 2.10. The van der Waals surface area contributed by atoms with Gasteiger partial charge in [0.2, 0.25) is 0 Å². The van der Waals surface area contributed by atoms with E-state index in [1.807, 2.05) is 7.05 Å². The van der Waals surface area contributed by atoms with Crippen molar-refractivity contribution in [2.75, 3.05) is 47.3 Å². The molecule has 2 unspecified atom stereocenters. The van der Waals surface area contributed by atoms with Crippen molar-refractivity contribution in [3.8, 4) is 0 Å². The van der Waals surface area contributed by atoms with Crippen LogP contribution in [0.3, 0.4) is 0 Å². The monoisotopic (exact) mass is 254 g/mol. The highest BCUT2D eigenvalue weighted by Gasteiger charge is 2.21. The summed E-state index contributed by atoms with van der Waals surface area (Å²) < 4.78 is 0. The van der Waals surface area contributed by atoms with E-state index in [1.165, 1.54) is 25.2 Å². The second-order valence-corrected chi connectivity index (χ2v) is 5.69. The number of rotatable bonds is 5. The summed E-state index contributed by atoms with van der Waals surface area (Å²) >= 11 is 0. The molecule has 0 radical (unpaired) electrons. The zero-order valence-corrected chi connectivity index (χ0v) is 12.9. The van der Waals surface area contributed by atoms with Gasteiger partial charge in [-0.2, -0.15) is 0 Å². The van der Waals surface area contributed by atoms with Gasteiger partial charge >= 0.3 is 0 Å². The molecule has 0 aromatic rings. The molecule has 0 spiro atoms. The van der Waals surface area contributed by atoms with Crippen LogP contribution in [0.25, 0.3) is 0 Å². The molecule has 1 N–H and O–H groups in total. The van der Waals surface area contributed by atoms with Gasteiger partial charge in [-0.1, -0.05) is 0 Å². The predicted octanol–water partition coefficient (Wildman–Crippen LogP) is 1.02. The molecule has 1 heterocycles. The van der Waals surface area contributed by atoms with E-state index in [9.17, 15) is 0 Å². The SMILES string of the molecule is CNC(C)N(C)/C=C(\C)CN1CCN(C)CC1C. The number of nitrogens with zero attached hydrogens (tertiary/aromatic N) is 3. The van der Waals surface area contributed by atoms with Gasteiger partial charge in [-0.15, -0.1) is 0 Å². The van der Waals surface area contributed by atoms with Crippen molar-refractivity contribution in [1.29, 1.82) is 0 Å². The third-order valence-electron chi connectivity index (χ3n) is 3.87. The molecular weight excluding hydrogens is 224 g/mol. The van der Waals surface area contributed by atoms with Crippen LogP contribution < -0.4 is 5.32 Å². The van der Waals surface area contributed by atoms with Crippen molar-refractivity contribution in [3.05, 3.63) is 11.8 Å². The molecule has 0 amide bonds. The van der Waals surface area contributed by atoms with Crippen LogP contribution in [0.1, 0.15) is 20.8 Å². The number of hydrogen-bond donors (Lipinski definition) is 1. The molecule has 1 fully saturated rings. The molecule has 0 aromatic carbocycles. The minimum atomic E-state index is 0.380. The van der Waals surface area contributed by atoms with Crippen LogP contribution in [0.5, 0.6) is 0 Å². The second kappa shape index (κ2) is 7.12. The lowest BCUT2D eigenvalue weighted by Gasteiger charge is -2.38. The zero-order valence-electron chi connectivity index (χ0n) is 12.9. The fraction of sp³-hybridized carbons (Fsp3) is 0.857. The summed E-state index contributed by atoms with van der Waals surface area (Å²) in [7, 11) is 6.32. The molecule has 4 nitrogen and oxygen atoms in total. The van der Waals surface area contributed by atoms with Gasteiger partial charge < -0.3 is 15.1 Å². The van der Waals surface area contributed by atoms with Gasteiger partial charge in [-0.05, 0) is 40.4 Å². The molecule has 1 rings (SSSR count). The molecular formula is C14H30N4. The van der Waals surface area contributed by atoms with Crippen LogP contribution >= 0.6 is 0 Å². The van der Waals surface area contributed by atoms with Gasteiger partial charge in [0.25, 0.3) is 0 Å². The summed E-state index contributed by atoms with van der Waals surface area (Å²) in [6, 6.07) is 0.652. The minimum Gasteiger partial charge on any atom is -0.365 e. The Kier molecular flexibility index (Phi) is 6.12. The van der Waals surface area contributed by atoms with Gasteiger partial charge in [0.05, 0.1) is 6.17 Å². The first kappa shape index (κ1) is 15.5. The molecule has 2 atom stereocenters. The highest BCUT2D eigenvalue weighted by atomic mass is 15.3. The Morgan fingerprint density at radius 1 is 1.50 bits per heavy atom. The highest BCUT2D eigenvalue weighted by molar-refractivity contribution is 5.01. The van der Waals surface area contributed by atoms with Gasteiger partial charge in [0.1, 0.15) is 0 Å². The van der Waals surface area contributed by atoms with Crippen LogP contribution in [-0.4, -0.2) is 74.2 Å². The number of nitrogens with one attached hydrogen (secondary N) is 1. The Morgan fingerprint density at radius 2 is 2.17 bits per heavy atom. The Morgan fingerprint density at radius 3 is 2.72 bits per heavy atom. The smallest absolute Gasteiger partial charge is 0.0755 e. The van der Waals surface area contributed by atoms with Crippen LogP contribution in [-0.2, 0) is 0 Å². The lowest BCUT2D eigenvalue weighted by Crippen LogP contribution is -2.50. The van der Waals surface area contributed by atoms with Gasteiger partial charge in [-0.3, -0.25) is 4.90 Å². The van der Waals surface area contributed by atoms with E-state index in [-0.39, 0.29) is 0 Å². The molecule has 0 aliphatic carbocycles. The zero-order chi connectivity index (χ0) is 13.7. The molecule has 0 saturated carbocycles. The van der Waals surface area contributed by atoms with Crippen molar-refractivity contribution >= 4 is 0 Å². The van der Waals surface area contributed by atoms with E-state index in [1.54, 1.807) is 0 Å². The summed E-state index contributed by atoms with van der Waals surface area (Å²) in [5.41, 5.74) is 1.43. The Bertz CT molecular complexity index is 277. The summed E-state index contributed by atoms with van der Waals surface area (Å²) in [5, 5.41) is 3.25. The Balaban J connectivity index is 2.48. The minimum absolute atomic E-state index is 0.380. The summed E-state index contributed by atoms with van der Waals surface area (Å²) in [5.74, 6) is 0. The number of likely N-dealkylation sites (N-methyl/N-ethyl adjacent to an activating group) is 1. The van der Waals surface area contributed by atoms with Crippen LogP contribution in [0.15, 0.2) is 11.8 Å². The van der Waals surface area contributed by atoms with E-state index >= 15 is 0 Å². The molecule has 0 aromatic heterocycles. The standard InChI is InChI=1S/C14H30N4/c1-12(9-17(6)14(3)15-4)10-18-8-7-16(5)11-13(18)2/h9,13-15H,7-8,10-11H2,1-6H3/b12-9+. The maximum Gasteiger partial charge on any atom is 0.0755 e. The Labute approximate surface area is 113 Å². The quantitative estimate of drug-likeness (QED) is 0.740. The fourth-order valence-corrected chi connectivity index (χ4v) is 2.44. The van der Waals surface area contributed by atoms with Crippen molar-refractivity contribution < 1.29 is 0 Å². The molecule has 106 valence electrons. The number of hydrogen-bond acceptors (Lipinski definition) is 4. The lowest BCUT2D eigenvalue weighted by molar-refractivity contribution is 0.109. The Hall–Kier alpha value is -0.580. The first-order chi connectivity index (χ1) is 8.43. The van der Waals surface area contributed by atoms with E-state index in [0.717, 1.165) is 6.54 Å². The largest absolute Gasteiger partial charge is 0.365 e. The van der Waals surface area contributed by atoms with Gasteiger partial charge in [-0.25, -0.2) is 0 Å². The van der Waals surface area contributed by atoms with E-state index in [4.69, 9.17) is 0 Å². The topological polar surface area (TPSA) is 21.8 Å². The van der Waals surface area contributed by atoms with E-state index < -0.39 is 0 Å². The molecule has 1 saturated heterocycles. The molecule has 0 bridgehead atoms. The van der Waals surface area contributed by atoms with Gasteiger partial charge in [0, 0.05) is 45.5 Å². The second-order valence-electron chi connectivity index (χ2n) is 5.69. The lowest BCUT2D eigenvalue weighted by atomic mass is 10.1. The average Bonchev–Trinajstić information content (AvgIpc) is 2.31. The summed E-state index contributed by atoms with van der Waals surface area (Å²) in [6.45, 7) is 11.3. The van der Waals surface area contributed by atoms with Crippen LogP contribution in [0, 0.1) is 0 Å². The van der Waals surface area contributed by atoms with Crippen molar-refractivity contribution in [2.45, 2.75) is 33.0 Å². The first-order valence-electron chi connectivity index (χ1n) is 6.93. The average molecular weight is 254 g/mol. The van der Waals surface area contributed by atoms with Crippen LogP contribution in [0.2, 0.25) is 0 Å². The van der Waals surface area contributed by atoms with Crippen LogP contribution in [0.4, 0.5) is 0 Å². The van der Waals surface area contributed by atoms with Gasteiger partial charge in [0.15, 0.2) is 0 Å². The number of piperazine rings is 1. The van der Waals surface area contributed by atoms with E-state index in [0.29, 0.717) is 12.2 Å². The third-order valence-corrected chi connectivity index (χ3v) is 3.87.